The number of benzene rings is 1. The zero-order valence-corrected chi connectivity index (χ0v) is 11.9. The van der Waals surface area contributed by atoms with Crippen LogP contribution < -0.4 is 4.74 Å². The minimum absolute atomic E-state index is 0.0263. The lowest BCUT2D eigenvalue weighted by atomic mass is 10.1. The summed E-state index contributed by atoms with van der Waals surface area (Å²) in [5.74, 6) is -0.130. The van der Waals surface area contributed by atoms with Gasteiger partial charge in [0.05, 0.1) is 17.6 Å². The van der Waals surface area contributed by atoms with Crippen molar-refractivity contribution in [3.63, 3.8) is 0 Å². The van der Waals surface area contributed by atoms with Crippen molar-refractivity contribution in [3.8, 4) is 5.75 Å². The lowest BCUT2D eigenvalue weighted by molar-refractivity contribution is -0.385. The van der Waals surface area contributed by atoms with Crippen LogP contribution in [-0.2, 0) is 9.53 Å². The predicted molar refractivity (Wildman–Crippen MR) is 73.8 cm³/mol. The van der Waals surface area contributed by atoms with Crippen LogP contribution in [0, 0.1) is 17.0 Å². The summed E-state index contributed by atoms with van der Waals surface area (Å²) in [7, 11) is 1.30. The van der Waals surface area contributed by atoms with Gasteiger partial charge in [-0.05, 0) is 25.8 Å². The predicted octanol–water partition coefficient (Wildman–Crippen LogP) is 3.01. The van der Waals surface area contributed by atoms with E-state index >= 15 is 0 Å². The number of nitro groups is 1. The monoisotopic (exact) mass is 281 g/mol. The Balaban J connectivity index is 2.96. The number of unbranched alkanes of at least 4 members (excludes halogenated alkanes) is 1. The van der Waals surface area contributed by atoms with Gasteiger partial charge in [-0.15, -0.1) is 0 Å². The number of methoxy groups -OCH3 is 1. The first-order valence-electron chi connectivity index (χ1n) is 6.49. The van der Waals surface area contributed by atoms with Crippen LogP contribution >= 0.6 is 0 Å². The molecule has 6 nitrogen and oxygen atoms in total. The fraction of sp³-hybridized carbons (Fsp3) is 0.500. The van der Waals surface area contributed by atoms with Gasteiger partial charge >= 0.3 is 5.97 Å². The summed E-state index contributed by atoms with van der Waals surface area (Å²) in [6.07, 6.45) is 1.52. The van der Waals surface area contributed by atoms with Crippen LogP contribution in [0.25, 0.3) is 0 Å². The fourth-order valence-corrected chi connectivity index (χ4v) is 1.83. The standard InChI is InChI=1S/C14H19NO5/c1-4-5-8-13(14(16)19-3)20-12-9-6-7-11(10(12)2)15(17)18/h6-7,9,13H,4-5,8H2,1-3H3. The Bertz CT molecular complexity index is 486. The third-order valence-corrected chi connectivity index (χ3v) is 3.01. The van der Waals surface area contributed by atoms with Crippen LogP contribution in [-0.4, -0.2) is 24.1 Å². The van der Waals surface area contributed by atoms with Crippen LogP contribution in [0.15, 0.2) is 18.2 Å². The van der Waals surface area contributed by atoms with Crippen molar-refractivity contribution < 1.29 is 19.2 Å². The fourth-order valence-electron chi connectivity index (χ4n) is 1.83. The van der Waals surface area contributed by atoms with Gasteiger partial charge in [-0.2, -0.15) is 0 Å². The Hall–Kier alpha value is -2.11. The van der Waals surface area contributed by atoms with Crippen molar-refractivity contribution in [2.24, 2.45) is 0 Å². The van der Waals surface area contributed by atoms with Gasteiger partial charge in [0.1, 0.15) is 5.75 Å². The molecule has 6 heteroatoms. The minimum atomic E-state index is -0.736. The molecule has 1 unspecified atom stereocenters. The normalized spacial score (nSPS) is 11.8. The van der Waals surface area contributed by atoms with E-state index in [4.69, 9.17) is 9.47 Å². The quantitative estimate of drug-likeness (QED) is 0.436. The summed E-state index contributed by atoms with van der Waals surface area (Å²) < 4.78 is 10.3. The molecule has 0 aliphatic carbocycles. The van der Waals surface area contributed by atoms with E-state index in [1.54, 1.807) is 13.0 Å². The highest BCUT2D eigenvalue weighted by atomic mass is 16.6. The summed E-state index contributed by atoms with van der Waals surface area (Å²) in [6, 6.07) is 4.56. The van der Waals surface area contributed by atoms with Crippen LogP contribution in [0.1, 0.15) is 31.7 Å². The molecule has 0 N–H and O–H groups in total. The number of nitro benzene ring substituents is 1. The number of ether oxygens (including phenoxy) is 2. The lowest BCUT2D eigenvalue weighted by Crippen LogP contribution is -2.28. The number of esters is 1. The van der Waals surface area contributed by atoms with E-state index in [0.717, 1.165) is 12.8 Å². The molecule has 0 heterocycles. The van der Waals surface area contributed by atoms with Crippen LogP contribution in [0.2, 0.25) is 0 Å². The Morgan fingerprint density at radius 2 is 2.15 bits per heavy atom. The second kappa shape index (κ2) is 7.47. The summed E-state index contributed by atoms with van der Waals surface area (Å²) in [4.78, 5) is 22.1. The van der Waals surface area contributed by atoms with Crippen molar-refractivity contribution in [1.29, 1.82) is 0 Å². The van der Waals surface area contributed by atoms with Crippen LogP contribution in [0.4, 0.5) is 5.69 Å². The number of carbonyl (C=O) groups is 1. The van der Waals surface area contributed by atoms with Crippen molar-refractivity contribution in [2.45, 2.75) is 39.2 Å². The molecule has 0 saturated carbocycles. The van der Waals surface area contributed by atoms with Gasteiger partial charge in [0.2, 0.25) is 0 Å². The highest BCUT2D eigenvalue weighted by Gasteiger charge is 2.23. The maximum atomic E-state index is 11.7. The van der Waals surface area contributed by atoms with E-state index in [1.807, 2.05) is 6.92 Å². The molecule has 0 amide bonds. The SMILES string of the molecule is CCCCC(Oc1cccc([N+](=O)[O-])c1C)C(=O)OC. The smallest absolute Gasteiger partial charge is 0.347 e. The van der Waals surface area contributed by atoms with Gasteiger partial charge in [0.25, 0.3) is 5.69 Å². The van der Waals surface area contributed by atoms with E-state index < -0.39 is 17.0 Å². The first kappa shape index (κ1) is 15.9. The van der Waals surface area contributed by atoms with Crippen LogP contribution in [0.5, 0.6) is 5.75 Å². The highest BCUT2D eigenvalue weighted by Crippen LogP contribution is 2.28. The third kappa shape index (κ3) is 3.94. The number of carbonyl (C=O) groups excluding carboxylic acids is 1. The molecule has 0 aliphatic rings. The Kier molecular flexibility index (Phi) is 5.96. The lowest BCUT2D eigenvalue weighted by Gasteiger charge is -2.17. The molecule has 1 aromatic rings. The van der Waals surface area contributed by atoms with Gasteiger partial charge in [-0.1, -0.05) is 19.4 Å². The summed E-state index contributed by atoms with van der Waals surface area (Å²) >= 11 is 0. The number of rotatable bonds is 7. The molecule has 0 radical (unpaired) electrons. The van der Waals surface area contributed by atoms with Crippen LogP contribution in [0.3, 0.4) is 0 Å². The van der Waals surface area contributed by atoms with E-state index in [1.165, 1.54) is 19.2 Å². The van der Waals surface area contributed by atoms with Gasteiger partial charge < -0.3 is 9.47 Å². The molecule has 0 bridgehead atoms. The van der Waals surface area contributed by atoms with E-state index in [-0.39, 0.29) is 5.69 Å². The second-order valence-electron chi connectivity index (χ2n) is 4.43. The molecule has 110 valence electrons. The molecule has 1 aromatic carbocycles. The highest BCUT2D eigenvalue weighted by molar-refractivity contribution is 5.75. The number of nitrogens with zero attached hydrogens (tertiary/aromatic N) is 1. The van der Waals surface area contributed by atoms with Gasteiger partial charge in [-0.3, -0.25) is 10.1 Å². The third-order valence-electron chi connectivity index (χ3n) is 3.01. The first-order chi connectivity index (χ1) is 9.51. The van der Waals surface area contributed by atoms with E-state index in [2.05, 4.69) is 0 Å². The van der Waals surface area contributed by atoms with Crippen molar-refractivity contribution in [1.82, 2.24) is 0 Å². The van der Waals surface area contributed by atoms with E-state index in [9.17, 15) is 14.9 Å². The van der Waals surface area contributed by atoms with Crippen molar-refractivity contribution in [2.75, 3.05) is 7.11 Å². The molecular formula is C14H19NO5. The maximum Gasteiger partial charge on any atom is 0.347 e. The molecule has 1 atom stereocenters. The average molecular weight is 281 g/mol. The van der Waals surface area contributed by atoms with Gasteiger partial charge in [0, 0.05) is 6.07 Å². The number of hydrogen-bond acceptors (Lipinski definition) is 5. The summed E-state index contributed by atoms with van der Waals surface area (Å²) in [5, 5.41) is 10.9. The summed E-state index contributed by atoms with van der Waals surface area (Å²) in [6.45, 7) is 3.61. The molecule has 1 rings (SSSR count). The molecule has 0 spiro atoms. The molecule has 20 heavy (non-hydrogen) atoms. The van der Waals surface area contributed by atoms with Crippen molar-refractivity contribution >= 4 is 11.7 Å². The largest absolute Gasteiger partial charge is 0.478 e. The topological polar surface area (TPSA) is 78.7 Å². The van der Waals surface area contributed by atoms with Gasteiger partial charge in [0.15, 0.2) is 6.10 Å². The molecule has 0 fully saturated rings. The zero-order valence-electron chi connectivity index (χ0n) is 11.9. The minimum Gasteiger partial charge on any atom is -0.478 e. The molecule has 0 aliphatic heterocycles. The molecular weight excluding hydrogens is 262 g/mol. The van der Waals surface area contributed by atoms with Gasteiger partial charge in [-0.25, -0.2) is 4.79 Å². The van der Waals surface area contributed by atoms with E-state index in [0.29, 0.717) is 17.7 Å². The molecule has 0 saturated heterocycles. The average Bonchev–Trinajstić information content (AvgIpc) is 2.43. The Labute approximate surface area is 117 Å². The summed E-state index contributed by atoms with van der Waals surface area (Å²) in [5.41, 5.74) is 0.379. The number of hydrogen-bond donors (Lipinski definition) is 0. The Morgan fingerprint density at radius 1 is 1.45 bits per heavy atom. The maximum absolute atomic E-state index is 11.7. The molecule has 0 aromatic heterocycles. The van der Waals surface area contributed by atoms with Crippen molar-refractivity contribution in [3.05, 3.63) is 33.9 Å². The second-order valence-corrected chi connectivity index (χ2v) is 4.43. The first-order valence-corrected chi connectivity index (χ1v) is 6.49. The zero-order chi connectivity index (χ0) is 15.1. The Morgan fingerprint density at radius 3 is 2.70 bits per heavy atom.